The van der Waals surface area contributed by atoms with Crippen molar-refractivity contribution in [3.63, 3.8) is 0 Å². The van der Waals surface area contributed by atoms with Crippen LogP contribution in [0.4, 0.5) is 0 Å². The summed E-state index contributed by atoms with van der Waals surface area (Å²) in [4.78, 5) is 0. The van der Waals surface area contributed by atoms with E-state index in [4.69, 9.17) is 0 Å². The maximum absolute atomic E-state index is 2.34. The summed E-state index contributed by atoms with van der Waals surface area (Å²) in [7, 11) is 0. The van der Waals surface area contributed by atoms with Crippen molar-refractivity contribution in [1.29, 1.82) is 0 Å². The van der Waals surface area contributed by atoms with Crippen LogP contribution in [0, 0.1) is 0 Å². The Balaban J connectivity index is 2.95. The molecule has 0 unspecified atom stereocenters. The number of rotatable bonds is 2. The van der Waals surface area contributed by atoms with Gasteiger partial charge in [-0.3, -0.25) is 0 Å². The first-order valence-electron chi connectivity index (χ1n) is 2.83. The average Bonchev–Trinajstić information content (AvgIpc) is 1.27. The Labute approximate surface area is 58.3 Å². The van der Waals surface area contributed by atoms with Crippen molar-refractivity contribution >= 4 is 23.2 Å². The minimum atomic E-state index is -0.0432. The van der Waals surface area contributed by atoms with Gasteiger partial charge in [-0.15, -0.1) is 0 Å². The van der Waals surface area contributed by atoms with Crippen LogP contribution < -0.4 is 0 Å². The molecule has 0 aliphatic rings. The van der Waals surface area contributed by atoms with E-state index in [1.54, 1.807) is 0 Å². The van der Waals surface area contributed by atoms with Gasteiger partial charge in [0.2, 0.25) is 0 Å². The van der Waals surface area contributed by atoms with Crippen LogP contribution in [0.1, 0.15) is 27.7 Å². The second-order valence-electron chi connectivity index (χ2n) is 2.34. The molecule has 0 N–H and O–H groups in total. The normalized spacial score (nSPS) is 11.1. The minimum absolute atomic E-state index is 0.0432. The van der Waals surface area contributed by atoms with Gasteiger partial charge in [0, 0.05) is 0 Å². The summed E-state index contributed by atoms with van der Waals surface area (Å²) in [6.07, 6.45) is 0. The van der Waals surface area contributed by atoms with Crippen molar-refractivity contribution < 1.29 is 0 Å². The van der Waals surface area contributed by atoms with Crippen molar-refractivity contribution in [1.82, 2.24) is 0 Å². The molecule has 0 saturated heterocycles. The third-order valence-electron chi connectivity index (χ3n) is 0.596. The predicted octanol–water partition coefficient (Wildman–Crippen LogP) is 2.35. The molecule has 0 spiro atoms. The molecule has 0 heterocycles. The standard InChI is InChI=1S/2C3H7.Bi/c2*1-3-2;/h2*3H,1-2H3;/q;;+1. The summed E-state index contributed by atoms with van der Waals surface area (Å²) in [6.45, 7) is 9.38. The molecule has 0 aromatic heterocycles. The van der Waals surface area contributed by atoms with Crippen LogP contribution in [-0.4, -0.2) is 23.2 Å². The van der Waals surface area contributed by atoms with E-state index >= 15 is 0 Å². The van der Waals surface area contributed by atoms with Gasteiger partial charge in [-0.05, 0) is 0 Å². The predicted molar refractivity (Wildman–Crippen MR) is 35.9 cm³/mol. The Hall–Kier alpha value is 0.883. The summed E-state index contributed by atoms with van der Waals surface area (Å²) in [5.41, 5.74) is 0. The average molecular weight is 295 g/mol. The van der Waals surface area contributed by atoms with E-state index in [0.29, 0.717) is 0 Å². The van der Waals surface area contributed by atoms with E-state index in [9.17, 15) is 0 Å². The number of hydrogen-bond acceptors (Lipinski definition) is 0. The van der Waals surface area contributed by atoms with E-state index in [-0.39, 0.29) is 23.2 Å². The zero-order chi connectivity index (χ0) is 5.86. The molecule has 0 aromatic carbocycles. The van der Waals surface area contributed by atoms with E-state index < -0.39 is 0 Å². The van der Waals surface area contributed by atoms with Gasteiger partial charge in [0.1, 0.15) is 0 Å². The van der Waals surface area contributed by atoms with E-state index in [1.165, 1.54) is 0 Å². The Bertz CT molecular complexity index is 33.4. The van der Waals surface area contributed by atoms with Crippen LogP contribution in [0.3, 0.4) is 0 Å². The van der Waals surface area contributed by atoms with Crippen LogP contribution in [-0.2, 0) is 0 Å². The maximum atomic E-state index is 2.34. The fourth-order valence-electron chi connectivity index (χ4n) is 0.596. The van der Waals surface area contributed by atoms with Crippen molar-refractivity contribution in [3.8, 4) is 0 Å². The van der Waals surface area contributed by atoms with Gasteiger partial charge in [-0.1, -0.05) is 0 Å². The molecule has 0 aliphatic carbocycles. The summed E-state index contributed by atoms with van der Waals surface area (Å²) in [6, 6.07) is 0. The summed E-state index contributed by atoms with van der Waals surface area (Å²) >= 11 is -0.0432. The first-order valence-corrected chi connectivity index (χ1v) is 6.84. The van der Waals surface area contributed by atoms with Crippen LogP contribution >= 0.6 is 0 Å². The van der Waals surface area contributed by atoms with E-state index in [0.717, 1.165) is 7.25 Å². The summed E-state index contributed by atoms with van der Waals surface area (Å²) < 4.78 is 2.11. The fourth-order valence-corrected chi connectivity index (χ4v) is 5.23. The zero-order valence-electron chi connectivity index (χ0n) is 5.60. The SMILES string of the molecule is C[CH](C)[Bi+][CH](C)C. The molecule has 2 radical (unpaired) electrons. The molecule has 0 atom stereocenters. The Morgan fingerprint density at radius 1 is 0.857 bits per heavy atom. The molecule has 0 fully saturated rings. The third-order valence-corrected chi connectivity index (χ3v) is 5.23. The Morgan fingerprint density at radius 2 is 1.14 bits per heavy atom. The molecule has 0 bridgehead atoms. The van der Waals surface area contributed by atoms with Crippen LogP contribution in [0.15, 0.2) is 0 Å². The molecule has 1 heteroatoms. The van der Waals surface area contributed by atoms with Crippen molar-refractivity contribution in [3.05, 3.63) is 0 Å². The Morgan fingerprint density at radius 3 is 1.14 bits per heavy atom. The van der Waals surface area contributed by atoms with E-state index in [1.807, 2.05) is 0 Å². The molecule has 0 rings (SSSR count). The fraction of sp³-hybridized carbons (Fsp3) is 1.00. The first kappa shape index (κ1) is 7.88. The second-order valence-corrected chi connectivity index (χ2v) is 11.5. The molecule has 0 aromatic rings. The first-order chi connectivity index (χ1) is 3.13. The topological polar surface area (TPSA) is 0 Å². The van der Waals surface area contributed by atoms with Gasteiger partial charge in [-0.25, -0.2) is 0 Å². The van der Waals surface area contributed by atoms with Gasteiger partial charge < -0.3 is 0 Å². The Kier molecular flexibility index (Phi) is 4.32. The van der Waals surface area contributed by atoms with Crippen LogP contribution in [0.5, 0.6) is 0 Å². The molecule has 7 heavy (non-hydrogen) atoms. The molecule has 0 saturated carbocycles. The van der Waals surface area contributed by atoms with Crippen molar-refractivity contribution in [2.24, 2.45) is 0 Å². The van der Waals surface area contributed by atoms with E-state index in [2.05, 4.69) is 27.7 Å². The molecule has 0 aliphatic heterocycles. The van der Waals surface area contributed by atoms with Gasteiger partial charge in [0.25, 0.3) is 0 Å². The van der Waals surface area contributed by atoms with Gasteiger partial charge in [0.15, 0.2) is 0 Å². The second kappa shape index (κ2) is 3.83. The molecule has 0 nitrogen and oxygen atoms in total. The van der Waals surface area contributed by atoms with Crippen molar-refractivity contribution in [2.45, 2.75) is 34.9 Å². The molecular weight excluding hydrogens is 281 g/mol. The third kappa shape index (κ3) is 6.88. The monoisotopic (exact) mass is 295 g/mol. The summed E-state index contributed by atoms with van der Waals surface area (Å²) in [5.74, 6) is 0. The number of hydrogen-bond donors (Lipinski definition) is 0. The van der Waals surface area contributed by atoms with Crippen molar-refractivity contribution in [2.75, 3.05) is 0 Å². The molecular formula is C6H14Bi+. The molecule has 0 amide bonds. The van der Waals surface area contributed by atoms with Gasteiger partial charge in [0.05, 0.1) is 0 Å². The molecule has 42 valence electrons. The van der Waals surface area contributed by atoms with Gasteiger partial charge in [-0.2, -0.15) is 0 Å². The summed E-state index contributed by atoms with van der Waals surface area (Å²) in [5, 5.41) is 0. The quantitative estimate of drug-likeness (QED) is 0.686. The zero-order valence-corrected chi connectivity index (χ0v) is 9.08. The van der Waals surface area contributed by atoms with Crippen LogP contribution in [0.25, 0.3) is 0 Å². The van der Waals surface area contributed by atoms with Crippen LogP contribution in [0.2, 0.25) is 7.25 Å². The van der Waals surface area contributed by atoms with Gasteiger partial charge >= 0.3 is 58.2 Å².